The molecule has 0 saturated heterocycles. The van der Waals surface area contributed by atoms with Crippen LogP contribution in [0.4, 0.5) is 4.39 Å². The number of carbonyl (C=O) groups excluding carboxylic acids is 1. The van der Waals surface area contributed by atoms with Crippen molar-refractivity contribution in [2.75, 3.05) is 13.7 Å². The van der Waals surface area contributed by atoms with Crippen molar-refractivity contribution >= 4 is 5.91 Å². The molecule has 1 rings (SSSR count). The molecule has 1 unspecified atom stereocenters. The predicted octanol–water partition coefficient (Wildman–Crippen LogP) is 3.16. The first kappa shape index (κ1) is 15.6. The van der Waals surface area contributed by atoms with Crippen molar-refractivity contribution in [1.82, 2.24) is 4.90 Å². The third kappa shape index (κ3) is 3.53. The second-order valence-corrected chi connectivity index (χ2v) is 5.03. The van der Waals surface area contributed by atoms with E-state index in [1.165, 1.54) is 19.2 Å². The van der Waals surface area contributed by atoms with Gasteiger partial charge in [-0.25, -0.2) is 4.39 Å². The Bertz CT molecular complexity index is 428. The summed E-state index contributed by atoms with van der Waals surface area (Å²) in [5, 5.41) is 0. The molecule has 106 valence electrons. The molecule has 0 bridgehead atoms. The summed E-state index contributed by atoms with van der Waals surface area (Å²) in [6, 6.07) is 6.11. The summed E-state index contributed by atoms with van der Waals surface area (Å²) in [5.74, 6) is -0.350. The maximum atomic E-state index is 12.9. The van der Waals surface area contributed by atoms with Gasteiger partial charge in [-0.15, -0.1) is 0 Å². The van der Waals surface area contributed by atoms with E-state index in [4.69, 9.17) is 4.74 Å². The highest BCUT2D eigenvalue weighted by molar-refractivity contribution is 5.84. The van der Waals surface area contributed by atoms with E-state index < -0.39 is 5.60 Å². The van der Waals surface area contributed by atoms with Crippen molar-refractivity contribution in [2.24, 2.45) is 0 Å². The van der Waals surface area contributed by atoms with Gasteiger partial charge in [0.15, 0.2) is 0 Å². The largest absolute Gasteiger partial charge is 0.369 e. The fraction of sp³-hybridized carbons (Fsp3) is 0.533. The molecule has 0 aromatic heterocycles. The van der Waals surface area contributed by atoms with Crippen molar-refractivity contribution in [3.8, 4) is 0 Å². The van der Waals surface area contributed by atoms with Crippen molar-refractivity contribution < 1.29 is 13.9 Å². The fourth-order valence-corrected chi connectivity index (χ4v) is 1.95. The number of hydrogen-bond acceptors (Lipinski definition) is 2. The van der Waals surface area contributed by atoms with Gasteiger partial charge in [0.05, 0.1) is 6.04 Å². The third-order valence-corrected chi connectivity index (χ3v) is 3.45. The van der Waals surface area contributed by atoms with E-state index in [1.807, 2.05) is 13.8 Å². The van der Waals surface area contributed by atoms with Crippen molar-refractivity contribution in [3.63, 3.8) is 0 Å². The first-order valence-electron chi connectivity index (χ1n) is 6.45. The lowest BCUT2D eigenvalue weighted by Crippen LogP contribution is -2.47. The van der Waals surface area contributed by atoms with Crippen LogP contribution in [0.25, 0.3) is 0 Å². The number of hydrogen-bond donors (Lipinski definition) is 0. The molecule has 4 heteroatoms. The van der Waals surface area contributed by atoms with E-state index >= 15 is 0 Å². The molecule has 0 fully saturated rings. The zero-order chi connectivity index (χ0) is 14.6. The molecule has 19 heavy (non-hydrogen) atoms. The maximum absolute atomic E-state index is 12.9. The molecule has 1 aromatic carbocycles. The van der Waals surface area contributed by atoms with Gasteiger partial charge in [0.25, 0.3) is 5.91 Å². The van der Waals surface area contributed by atoms with Crippen molar-refractivity contribution in [2.45, 2.75) is 39.3 Å². The van der Waals surface area contributed by atoms with Gasteiger partial charge in [-0.1, -0.05) is 12.1 Å². The number of ether oxygens (including phenoxy) is 1. The molecule has 0 heterocycles. The second-order valence-electron chi connectivity index (χ2n) is 5.03. The molecular formula is C15H22FNO2. The van der Waals surface area contributed by atoms with E-state index in [9.17, 15) is 9.18 Å². The third-order valence-electron chi connectivity index (χ3n) is 3.45. The molecule has 0 saturated carbocycles. The van der Waals surface area contributed by atoms with Crippen LogP contribution in [-0.4, -0.2) is 30.1 Å². The van der Waals surface area contributed by atoms with E-state index in [1.54, 1.807) is 30.9 Å². The van der Waals surface area contributed by atoms with Crippen LogP contribution in [-0.2, 0) is 9.53 Å². The summed E-state index contributed by atoms with van der Waals surface area (Å²) >= 11 is 0. The first-order chi connectivity index (χ1) is 8.83. The average molecular weight is 267 g/mol. The maximum Gasteiger partial charge on any atom is 0.254 e. The highest BCUT2D eigenvalue weighted by Crippen LogP contribution is 2.24. The van der Waals surface area contributed by atoms with Crippen LogP contribution in [0, 0.1) is 5.82 Å². The Kier molecular flexibility index (Phi) is 5.06. The van der Waals surface area contributed by atoms with E-state index in [2.05, 4.69) is 0 Å². The van der Waals surface area contributed by atoms with Crippen molar-refractivity contribution in [1.29, 1.82) is 0 Å². The Morgan fingerprint density at radius 3 is 2.32 bits per heavy atom. The minimum Gasteiger partial charge on any atom is -0.369 e. The van der Waals surface area contributed by atoms with Gasteiger partial charge in [-0.3, -0.25) is 4.79 Å². The lowest BCUT2D eigenvalue weighted by atomic mass is 10.0. The monoisotopic (exact) mass is 267 g/mol. The zero-order valence-corrected chi connectivity index (χ0v) is 12.2. The fourth-order valence-electron chi connectivity index (χ4n) is 1.95. The number of amides is 1. The quantitative estimate of drug-likeness (QED) is 0.820. The van der Waals surface area contributed by atoms with Gasteiger partial charge < -0.3 is 9.64 Å². The molecule has 0 radical (unpaired) electrons. The summed E-state index contributed by atoms with van der Waals surface area (Å²) in [7, 11) is 1.52. The smallest absolute Gasteiger partial charge is 0.254 e. The van der Waals surface area contributed by atoms with Crippen LogP contribution < -0.4 is 0 Å². The number of methoxy groups -OCH3 is 1. The summed E-state index contributed by atoms with van der Waals surface area (Å²) in [6.45, 7) is 7.92. The summed E-state index contributed by atoms with van der Waals surface area (Å²) in [4.78, 5) is 14.2. The van der Waals surface area contributed by atoms with Crippen molar-refractivity contribution in [3.05, 3.63) is 35.6 Å². The topological polar surface area (TPSA) is 29.5 Å². The Balaban J connectivity index is 2.97. The summed E-state index contributed by atoms with van der Waals surface area (Å²) < 4.78 is 18.2. The Hall–Kier alpha value is -1.42. The highest BCUT2D eigenvalue weighted by Gasteiger charge is 2.33. The minimum atomic E-state index is -0.857. The van der Waals surface area contributed by atoms with Gasteiger partial charge >= 0.3 is 0 Å². The number of nitrogens with zero attached hydrogens (tertiary/aromatic N) is 1. The molecule has 1 atom stereocenters. The number of carbonyl (C=O) groups is 1. The molecule has 0 spiro atoms. The van der Waals surface area contributed by atoms with Crippen LogP contribution in [0.3, 0.4) is 0 Å². The van der Waals surface area contributed by atoms with Gasteiger partial charge in [0.1, 0.15) is 11.4 Å². The van der Waals surface area contributed by atoms with E-state index in [-0.39, 0.29) is 17.8 Å². The van der Waals surface area contributed by atoms with Crippen LogP contribution in [0.5, 0.6) is 0 Å². The standard InChI is InChI=1S/C15H22FNO2/c1-6-17(14(18)15(3,4)19-5)11(2)12-7-9-13(16)10-8-12/h7-11H,6H2,1-5H3. The molecule has 1 amide bonds. The summed E-state index contributed by atoms with van der Waals surface area (Å²) in [6.07, 6.45) is 0. The average Bonchev–Trinajstić information content (AvgIpc) is 2.40. The Morgan fingerprint density at radius 1 is 1.37 bits per heavy atom. The van der Waals surface area contributed by atoms with Crippen LogP contribution in [0.15, 0.2) is 24.3 Å². The molecule has 1 aromatic rings. The molecule has 0 aliphatic carbocycles. The van der Waals surface area contributed by atoms with E-state index in [0.717, 1.165) is 5.56 Å². The number of benzene rings is 1. The number of halogens is 1. The number of rotatable bonds is 5. The predicted molar refractivity (Wildman–Crippen MR) is 73.3 cm³/mol. The molecule has 0 aliphatic rings. The van der Waals surface area contributed by atoms with E-state index in [0.29, 0.717) is 6.54 Å². The molecular weight excluding hydrogens is 245 g/mol. The zero-order valence-electron chi connectivity index (χ0n) is 12.2. The van der Waals surface area contributed by atoms with Gasteiger partial charge in [0.2, 0.25) is 0 Å². The van der Waals surface area contributed by atoms with Gasteiger partial charge in [0, 0.05) is 13.7 Å². The van der Waals surface area contributed by atoms with Crippen LogP contribution >= 0.6 is 0 Å². The van der Waals surface area contributed by atoms with Gasteiger partial charge in [-0.2, -0.15) is 0 Å². The minimum absolute atomic E-state index is 0.0747. The first-order valence-corrected chi connectivity index (χ1v) is 6.45. The van der Waals surface area contributed by atoms with Crippen LogP contribution in [0.1, 0.15) is 39.3 Å². The van der Waals surface area contributed by atoms with Gasteiger partial charge in [-0.05, 0) is 45.4 Å². The SMILES string of the molecule is CCN(C(=O)C(C)(C)OC)C(C)c1ccc(F)cc1. The normalized spacial score (nSPS) is 13.2. The Morgan fingerprint density at radius 2 is 1.89 bits per heavy atom. The summed E-state index contributed by atoms with van der Waals surface area (Å²) in [5.41, 5.74) is 0.0492. The second kappa shape index (κ2) is 6.15. The van der Waals surface area contributed by atoms with Crippen LogP contribution in [0.2, 0.25) is 0 Å². The molecule has 3 nitrogen and oxygen atoms in total. The lowest BCUT2D eigenvalue weighted by molar-refractivity contribution is -0.153. The molecule has 0 N–H and O–H groups in total. The lowest BCUT2D eigenvalue weighted by Gasteiger charge is -2.34. The Labute approximate surface area is 114 Å². The molecule has 0 aliphatic heterocycles. The highest BCUT2D eigenvalue weighted by atomic mass is 19.1. The number of likely N-dealkylation sites (N-methyl/N-ethyl adjacent to an activating group) is 1.